The summed E-state index contributed by atoms with van der Waals surface area (Å²) >= 11 is 1.85. The van der Waals surface area contributed by atoms with Crippen molar-refractivity contribution in [2.24, 2.45) is 10.4 Å². The standard InChI is InChI=1S/C25H26N2S/c1-25(2,3)23-17-28-24(27-23)16-22(19-11-5-4-6-12-19)26-21-15-9-13-18-10-7-8-14-20(18)21/h4-16,23,26H,17H2,1-3H3. The molecule has 0 aromatic heterocycles. The summed E-state index contributed by atoms with van der Waals surface area (Å²) in [5.74, 6) is 1.05. The zero-order valence-corrected chi connectivity index (χ0v) is 17.5. The van der Waals surface area contributed by atoms with Crippen molar-refractivity contribution in [2.75, 3.05) is 11.1 Å². The maximum atomic E-state index is 4.99. The molecule has 0 saturated carbocycles. The van der Waals surface area contributed by atoms with Crippen molar-refractivity contribution < 1.29 is 0 Å². The third-order valence-electron chi connectivity index (χ3n) is 5.08. The third kappa shape index (κ3) is 4.15. The lowest BCUT2D eigenvalue weighted by Crippen LogP contribution is -2.24. The highest BCUT2D eigenvalue weighted by atomic mass is 32.2. The van der Waals surface area contributed by atoms with E-state index in [9.17, 15) is 0 Å². The Balaban J connectivity index is 1.73. The van der Waals surface area contributed by atoms with Crippen molar-refractivity contribution in [1.29, 1.82) is 0 Å². The van der Waals surface area contributed by atoms with E-state index in [0.29, 0.717) is 6.04 Å². The van der Waals surface area contributed by atoms with Gasteiger partial charge >= 0.3 is 0 Å². The summed E-state index contributed by atoms with van der Waals surface area (Å²) in [6.45, 7) is 6.79. The lowest BCUT2D eigenvalue weighted by atomic mass is 9.88. The van der Waals surface area contributed by atoms with Crippen molar-refractivity contribution in [3.63, 3.8) is 0 Å². The molecule has 1 aliphatic rings. The molecule has 2 nitrogen and oxygen atoms in total. The highest BCUT2D eigenvalue weighted by molar-refractivity contribution is 8.14. The molecule has 0 saturated heterocycles. The van der Waals surface area contributed by atoms with E-state index in [1.54, 1.807) is 0 Å². The maximum absolute atomic E-state index is 4.99. The molecular formula is C25H26N2S. The predicted octanol–water partition coefficient (Wildman–Crippen LogP) is 6.85. The molecule has 0 radical (unpaired) electrons. The van der Waals surface area contributed by atoms with Crippen LogP contribution < -0.4 is 5.32 Å². The third-order valence-corrected chi connectivity index (χ3v) is 6.08. The van der Waals surface area contributed by atoms with Crippen LogP contribution >= 0.6 is 11.8 Å². The number of hydrogen-bond acceptors (Lipinski definition) is 3. The van der Waals surface area contributed by atoms with E-state index in [0.717, 1.165) is 27.7 Å². The molecule has 1 heterocycles. The Kier molecular flexibility index (Phi) is 5.27. The van der Waals surface area contributed by atoms with Crippen LogP contribution in [0.15, 0.2) is 83.9 Å². The van der Waals surface area contributed by atoms with Gasteiger partial charge in [-0.05, 0) is 28.5 Å². The van der Waals surface area contributed by atoms with E-state index in [1.807, 2.05) is 11.8 Å². The van der Waals surface area contributed by atoms with Gasteiger partial charge in [-0.2, -0.15) is 0 Å². The van der Waals surface area contributed by atoms with Gasteiger partial charge in [0, 0.05) is 22.5 Å². The van der Waals surface area contributed by atoms with E-state index in [1.165, 1.54) is 10.8 Å². The van der Waals surface area contributed by atoms with Gasteiger partial charge in [0.1, 0.15) is 0 Å². The summed E-state index contributed by atoms with van der Waals surface area (Å²) in [6, 6.07) is 25.7. The molecule has 0 amide bonds. The molecule has 1 atom stereocenters. The average Bonchev–Trinajstić information content (AvgIpc) is 3.18. The molecule has 142 valence electrons. The van der Waals surface area contributed by atoms with Crippen LogP contribution in [0.25, 0.3) is 16.5 Å². The van der Waals surface area contributed by atoms with E-state index in [-0.39, 0.29) is 5.41 Å². The summed E-state index contributed by atoms with van der Waals surface area (Å²) in [4.78, 5) is 4.99. The smallest absolute Gasteiger partial charge is 0.0930 e. The number of rotatable bonds is 4. The van der Waals surface area contributed by atoms with E-state index < -0.39 is 0 Å². The first-order valence-electron chi connectivity index (χ1n) is 9.73. The zero-order chi connectivity index (χ0) is 19.6. The average molecular weight is 387 g/mol. The molecule has 4 rings (SSSR count). The minimum atomic E-state index is 0.193. The molecule has 0 aliphatic carbocycles. The minimum Gasteiger partial charge on any atom is -0.354 e. The normalized spacial score (nSPS) is 17.6. The van der Waals surface area contributed by atoms with Crippen LogP contribution in [0.1, 0.15) is 26.3 Å². The Morgan fingerprint density at radius 1 is 0.964 bits per heavy atom. The SMILES string of the molecule is CC(C)(C)C1CSC(C=C(Nc2cccc3ccccc23)c2ccccc2)=N1. The monoisotopic (exact) mass is 386 g/mol. The zero-order valence-electron chi connectivity index (χ0n) is 16.6. The Hall–Kier alpha value is -2.52. The van der Waals surface area contributed by atoms with Crippen molar-refractivity contribution >= 4 is 39.0 Å². The highest BCUT2D eigenvalue weighted by Crippen LogP contribution is 2.33. The Morgan fingerprint density at radius 2 is 1.68 bits per heavy atom. The molecule has 3 aromatic carbocycles. The van der Waals surface area contributed by atoms with Crippen LogP contribution in [0.4, 0.5) is 5.69 Å². The fourth-order valence-corrected chi connectivity index (χ4v) is 4.63. The first kappa shape index (κ1) is 18.8. The van der Waals surface area contributed by atoms with Crippen molar-refractivity contribution in [2.45, 2.75) is 26.8 Å². The lowest BCUT2D eigenvalue weighted by molar-refractivity contribution is 0.349. The molecule has 1 aliphatic heterocycles. The van der Waals surface area contributed by atoms with Gasteiger partial charge in [-0.1, -0.05) is 87.5 Å². The number of nitrogens with one attached hydrogen (secondary N) is 1. The Labute approximate surface area is 171 Å². The fourth-order valence-electron chi connectivity index (χ4n) is 3.33. The van der Waals surface area contributed by atoms with Gasteiger partial charge in [0.2, 0.25) is 0 Å². The molecule has 0 bridgehead atoms. The van der Waals surface area contributed by atoms with E-state index in [4.69, 9.17) is 4.99 Å². The molecule has 1 unspecified atom stereocenters. The van der Waals surface area contributed by atoms with Crippen LogP contribution in [0.5, 0.6) is 0 Å². The Morgan fingerprint density at radius 3 is 2.43 bits per heavy atom. The van der Waals surface area contributed by atoms with Crippen LogP contribution in [0.3, 0.4) is 0 Å². The molecule has 0 fully saturated rings. The van der Waals surface area contributed by atoms with Crippen molar-refractivity contribution in [3.05, 3.63) is 84.4 Å². The quantitative estimate of drug-likeness (QED) is 0.530. The second kappa shape index (κ2) is 7.84. The first-order chi connectivity index (χ1) is 13.5. The number of benzene rings is 3. The van der Waals surface area contributed by atoms with Crippen LogP contribution in [0.2, 0.25) is 0 Å². The second-order valence-electron chi connectivity index (χ2n) is 8.24. The van der Waals surface area contributed by atoms with Gasteiger partial charge in [0.25, 0.3) is 0 Å². The number of anilines is 1. The molecule has 3 heteroatoms. The Bertz CT molecular complexity index is 1020. The summed E-state index contributed by atoms with van der Waals surface area (Å²) in [5.41, 5.74) is 3.55. The number of hydrogen-bond donors (Lipinski definition) is 1. The summed E-state index contributed by atoms with van der Waals surface area (Å²) in [7, 11) is 0. The topological polar surface area (TPSA) is 24.4 Å². The summed E-state index contributed by atoms with van der Waals surface area (Å²) in [6.07, 6.45) is 2.20. The van der Waals surface area contributed by atoms with Crippen LogP contribution in [0, 0.1) is 5.41 Å². The van der Waals surface area contributed by atoms with Gasteiger partial charge in [0.15, 0.2) is 0 Å². The molecule has 0 spiro atoms. The van der Waals surface area contributed by atoms with Crippen molar-refractivity contribution in [1.82, 2.24) is 0 Å². The number of fused-ring (bicyclic) bond motifs is 1. The number of nitrogens with zero attached hydrogens (tertiary/aromatic N) is 1. The second-order valence-corrected chi connectivity index (χ2v) is 9.28. The molecule has 28 heavy (non-hydrogen) atoms. The predicted molar refractivity (Wildman–Crippen MR) is 125 cm³/mol. The minimum absolute atomic E-state index is 0.193. The van der Waals surface area contributed by atoms with Crippen molar-refractivity contribution in [3.8, 4) is 0 Å². The van der Waals surface area contributed by atoms with Crippen LogP contribution in [-0.2, 0) is 0 Å². The highest BCUT2D eigenvalue weighted by Gasteiger charge is 2.28. The number of aliphatic imine (C=N–C) groups is 1. The summed E-state index contributed by atoms with van der Waals surface area (Å²) < 4.78 is 0. The maximum Gasteiger partial charge on any atom is 0.0930 e. The van der Waals surface area contributed by atoms with Gasteiger partial charge < -0.3 is 5.32 Å². The summed E-state index contributed by atoms with van der Waals surface area (Å²) in [5, 5.41) is 7.25. The molecular weight excluding hydrogens is 360 g/mol. The van der Waals surface area contributed by atoms with Gasteiger partial charge in [-0.15, -0.1) is 11.8 Å². The lowest BCUT2D eigenvalue weighted by Gasteiger charge is -2.23. The van der Waals surface area contributed by atoms with Crippen LogP contribution in [-0.4, -0.2) is 16.8 Å². The molecule has 3 aromatic rings. The molecule has 1 N–H and O–H groups in total. The largest absolute Gasteiger partial charge is 0.354 e. The fraction of sp³-hybridized carbons (Fsp3) is 0.240. The first-order valence-corrected chi connectivity index (χ1v) is 10.7. The van der Waals surface area contributed by atoms with E-state index >= 15 is 0 Å². The number of thioether (sulfide) groups is 1. The van der Waals surface area contributed by atoms with Gasteiger partial charge in [-0.25, -0.2) is 0 Å². The van der Waals surface area contributed by atoms with Gasteiger partial charge in [-0.3, -0.25) is 4.99 Å². The van der Waals surface area contributed by atoms with E-state index in [2.05, 4.69) is 105 Å². The van der Waals surface area contributed by atoms with Gasteiger partial charge in [0.05, 0.1) is 11.1 Å².